The van der Waals surface area contributed by atoms with E-state index in [9.17, 15) is 9.18 Å². The number of hydrogen-bond acceptors (Lipinski definition) is 2. The van der Waals surface area contributed by atoms with E-state index in [-0.39, 0.29) is 11.8 Å². The molecule has 2 aliphatic heterocycles. The lowest BCUT2D eigenvalue weighted by Crippen LogP contribution is -2.62. The zero-order valence-corrected chi connectivity index (χ0v) is 14.8. The molecule has 0 radical (unpaired) electrons. The van der Waals surface area contributed by atoms with Crippen molar-refractivity contribution in [2.24, 2.45) is 0 Å². The van der Waals surface area contributed by atoms with E-state index in [1.807, 2.05) is 29.2 Å². The summed E-state index contributed by atoms with van der Waals surface area (Å²) in [7, 11) is 0. The average Bonchev–Trinajstić information content (AvgIpc) is 2.62. The van der Waals surface area contributed by atoms with Crippen molar-refractivity contribution in [2.45, 2.75) is 25.3 Å². The summed E-state index contributed by atoms with van der Waals surface area (Å²) >= 11 is 0. The zero-order valence-electron chi connectivity index (χ0n) is 14.8. The van der Waals surface area contributed by atoms with Crippen molar-refractivity contribution in [3.8, 4) is 11.1 Å². The van der Waals surface area contributed by atoms with E-state index in [0.29, 0.717) is 6.04 Å². The lowest BCUT2D eigenvalue weighted by molar-refractivity contribution is 0.0493. The van der Waals surface area contributed by atoms with Gasteiger partial charge in [-0.15, -0.1) is 0 Å². The SMILES string of the molecule is O=C(Nc1cccc(-c2ccc(F)cc2)c1)N1CC(N2CCCCC2)C1. The maximum atomic E-state index is 13.1. The van der Waals surface area contributed by atoms with Gasteiger partial charge in [0.1, 0.15) is 5.82 Å². The van der Waals surface area contributed by atoms with Crippen LogP contribution in [0.4, 0.5) is 14.9 Å². The molecule has 2 fully saturated rings. The van der Waals surface area contributed by atoms with Crippen molar-refractivity contribution >= 4 is 11.7 Å². The van der Waals surface area contributed by atoms with Crippen LogP contribution in [0.3, 0.4) is 0 Å². The number of hydrogen-bond donors (Lipinski definition) is 1. The number of nitrogens with zero attached hydrogens (tertiary/aromatic N) is 2. The Morgan fingerprint density at radius 1 is 0.962 bits per heavy atom. The number of urea groups is 1. The second-order valence-corrected chi connectivity index (χ2v) is 7.17. The minimum Gasteiger partial charge on any atom is -0.321 e. The van der Waals surface area contributed by atoms with E-state index in [4.69, 9.17) is 0 Å². The lowest BCUT2D eigenvalue weighted by Gasteiger charge is -2.46. The van der Waals surface area contributed by atoms with Gasteiger partial charge in [-0.3, -0.25) is 4.90 Å². The van der Waals surface area contributed by atoms with Crippen LogP contribution in [0.25, 0.3) is 11.1 Å². The Bertz CT molecular complexity index is 765. The molecular weight excluding hydrogens is 329 g/mol. The molecular formula is C21H24FN3O. The second kappa shape index (κ2) is 7.46. The molecule has 0 saturated carbocycles. The first-order valence-electron chi connectivity index (χ1n) is 9.35. The van der Waals surface area contributed by atoms with Crippen LogP contribution in [0, 0.1) is 5.82 Å². The van der Waals surface area contributed by atoms with Gasteiger partial charge in [0.2, 0.25) is 0 Å². The molecule has 2 heterocycles. The number of benzene rings is 2. The van der Waals surface area contributed by atoms with Crippen molar-refractivity contribution in [2.75, 3.05) is 31.5 Å². The van der Waals surface area contributed by atoms with Crippen LogP contribution in [0.15, 0.2) is 48.5 Å². The first kappa shape index (κ1) is 17.0. The fourth-order valence-electron chi connectivity index (χ4n) is 3.76. The molecule has 4 rings (SSSR count). The van der Waals surface area contributed by atoms with Crippen molar-refractivity contribution in [3.63, 3.8) is 0 Å². The molecule has 1 N–H and O–H groups in total. The summed E-state index contributed by atoms with van der Waals surface area (Å²) in [6, 6.07) is 14.5. The van der Waals surface area contributed by atoms with E-state index in [1.165, 1.54) is 44.5 Å². The lowest BCUT2D eigenvalue weighted by atomic mass is 10.0. The number of carbonyl (C=O) groups is 1. The Morgan fingerprint density at radius 3 is 2.42 bits per heavy atom. The van der Waals surface area contributed by atoms with Crippen LogP contribution in [-0.4, -0.2) is 48.1 Å². The maximum absolute atomic E-state index is 13.1. The van der Waals surface area contributed by atoms with Gasteiger partial charge in [0.15, 0.2) is 0 Å². The van der Waals surface area contributed by atoms with E-state index in [2.05, 4.69) is 10.2 Å². The van der Waals surface area contributed by atoms with Gasteiger partial charge in [-0.05, 0) is 61.3 Å². The first-order valence-corrected chi connectivity index (χ1v) is 9.35. The van der Waals surface area contributed by atoms with Crippen LogP contribution in [0.2, 0.25) is 0 Å². The molecule has 0 aliphatic carbocycles. The van der Waals surface area contributed by atoms with Gasteiger partial charge in [0.05, 0.1) is 0 Å². The molecule has 0 atom stereocenters. The van der Waals surface area contributed by atoms with Crippen molar-refractivity contribution in [1.29, 1.82) is 0 Å². The van der Waals surface area contributed by atoms with Gasteiger partial charge in [-0.1, -0.05) is 30.7 Å². The van der Waals surface area contributed by atoms with Gasteiger partial charge in [0, 0.05) is 24.8 Å². The number of carbonyl (C=O) groups excluding carboxylic acids is 1. The normalized spacial score (nSPS) is 18.4. The van der Waals surface area contributed by atoms with Gasteiger partial charge < -0.3 is 10.2 Å². The Labute approximate surface area is 153 Å². The highest BCUT2D eigenvalue weighted by Crippen LogP contribution is 2.24. The second-order valence-electron chi connectivity index (χ2n) is 7.17. The quantitative estimate of drug-likeness (QED) is 0.898. The monoisotopic (exact) mass is 353 g/mol. The molecule has 0 bridgehead atoms. The van der Waals surface area contributed by atoms with Crippen molar-refractivity contribution in [1.82, 2.24) is 9.80 Å². The molecule has 0 spiro atoms. The Kier molecular flexibility index (Phi) is 4.89. The third kappa shape index (κ3) is 3.73. The summed E-state index contributed by atoms with van der Waals surface area (Å²) in [5, 5.41) is 2.98. The fourth-order valence-corrected chi connectivity index (χ4v) is 3.76. The Morgan fingerprint density at radius 2 is 1.69 bits per heavy atom. The number of piperidine rings is 1. The number of amides is 2. The Balaban J connectivity index is 1.35. The highest BCUT2D eigenvalue weighted by atomic mass is 19.1. The van der Waals surface area contributed by atoms with Crippen LogP contribution in [-0.2, 0) is 0 Å². The topological polar surface area (TPSA) is 35.6 Å². The number of anilines is 1. The molecule has 4 nitrogen and oxygen atoms in total. The van der Waals surface area contributed by atoms with Gasteiger partial charge in [-0.2, -0.15) is 0 Å². The van der Waals surface area contributed by atoms with Crippen LogP contribution in [0.1, 0.15) is 19.3 Å². The molecule has 2 saturated heterocycles. The minimum atomic E-state index is -0.251. The number of rotatable bonds is 3. The largest absolute Gasteiger partial charge is 0.321 e. The van der Waals surface area contributed by atoms with Gasteiger partial charge >= 0.3 is 6.03 Å². The molecule has 0 aromatic heterocycles. The summed E-state index contributed by atoms with van der Waals surface area (Å²) in [6.07, 6.45) is 3.88. The molecule has 2 aromatic rings. The summed E-state index contributed by atoms with van der Waals surface area (Å²) < 4.78 is 13.1. The van der Waals surface area contributed by atoms with Crippen LogP contribution < -0.4 is 5.32 Å². The van der Waals surface area contributed by atoms with E-state index < -0.39 is 0 Å². The number of likely N-dealkylation sites (tertiary alicyclic amines) is 2. The molecule has 2 aromatic carbocycles. The van der Waals surface area contributed by atoms with Gasteiger partial charge in [-0.25, -0.2) is 9.18 Å². The Hall–Kier alpha value is -2.40. The smallest absolute Gasteiger partial charge is 0.321 e. The van der Waals surface area contributed by atoms with Crippen molar-refractivity contribution in [3.05, 3.63) is 54.3 Å². The number of halogens is 1. The van der Waals surface area contributed by atoms with Crippen LogP contribution >= 0.6 is 0 Å². The third-order valence-corrected chi connectivity index (χ3v) is 5.35. The minimum absolute atomic E-state index is 0.0467. The van der Waals surface area contributed by atoms with Gasteiger partial charge in [0.25, 0.3) is 0 Å². The van der Waals surface area contributed by atoms with E-state index in [0.717, 1.165) is 29.9 Å². The summed E-state index contributed by atoms with van der Waals surface area (Å²) in [6.45, 7) is 3.95. The first-order chi connectivity index (χ1) is 12.7. The highest BCUT2D eigenvalue weighted by molar-refractivity contribution is 5.90. The average molecular weight is 353 g/mol. The standard InChI is InChI=1S/C21H24FN3O/c22-18-9-7-16(8-10-18)17-5-4-6-19(13-17)23-21(26)25-14-20(15-25)24-11-2-1-3-12-24/h4-10,13,20H,1-3,11-12,14-15H2,(H,23,26). The molecule has 136 valence electrons. The molecule has 2 amide bonds. The number of nitrogens with one attached hydrogen (secondary N) is 1. The van der Waals surface area contributed by atoms with Crippen molar-refractivity contribution < 1.29 is 9.18 Å². The van der Waals surface area contributed by atoms with Crippen LogP contribution in [0.5, 0.6) is 0 Å². The summed E-state index contributed by atoms with van der Waals surface area (Å²) in [5.74, 6) is -0.251. The molecule has 5 heteroatoms. The molecule has 26 heavy (non-hydrogen) atoms. The van der Waals surface area contributed by atoms with E-state index >= 15 is 0 Å². The highest BCUT2D eigenvalue weighted by Gasteiger charge is 2.35. The molecule has 2 aliphatic rings. The van der Waals surface area contributed by atoms with E-state index in [1.54, 1.807) is 12.1 Å². The third-order valence-electron chi connectivity index (χ3n) is 5.35. The fraction of sp³-hybridized carbons (Fsp3) is 0.381. The zero-order chi connectivity index (χ0) is 17.9. The predicted octanol–water partition coefficient (Wildman–Crippen LogP) is 4.19. The summed E-state index contributed by atoms with van der Waals surface area (Å²) in [4.78, 5) is 16.8. The molecule has 0 unspecified atom stereocenters. The summed E-state index contributed by atoms with van der Waals surface area (Å²) in [5.41, 5.74) is 2.65. The maximum Gasteiger partial charge on any atom is 0.321 e. The predicted molar refractivity (Wildman–Crippen MR) is 102 cm³/mol.